The monoisotopic (exact) mass is 831 g/mol. The Labute approximate surface area is 377 Å². The van der Waals surface area contributed by atoms with Crippen LogP contribution in [-0.4, -0.2) is 0 Å². The molecule has 12 aromatic rings. The second-order valence-corrected chi connectivity index (χ2v) is 17.6. The van der Waals surface area contributed by atoms with Crippen molar-refractivity contribution in [2.45, 2.75) is 0 Å². The highest BCUT2D eigenvalue weighted by molar-refractivity contribution is 7.26. The molecule has 0 bridgehead atoms. The second kappa shape index (κ2) is 16.0. The molecule has 0 unspecified atom stereocenters. The first kappa shape index (κ1) is 37.7. The predicted molar refractivity (Wildman–Crippen MR) is 276 cm³/mol. The number of fused-ring (bicyclic) bond motifs is 5. The van der Waals surface area contributed by atoms with Crippen molar-refractivity contribution in [3.8, 4) is 55.6 Å². The molecule has 0 saturated heterocycles. The van der Waals surface area contributed by atoms with Crippen LogP contribution in [0.25, 0.3) is 97.4 Å². The molecule has 0 amide bonds. The lowest BCUT2D eigenvalue weighted by molar-refractivity contribution is 1.28. The van der Waals surface area contributed by atoms with Crippen LogP contribution in [0.1, 0.15) is 0 Å². The van der Waals surface area contributed by atoms with E-state index >= 15 is 0 Å². The van der Waals surface area contributed by atoms with Gasteiger partial charge in [-0.2, -0.15) is 0 Å². The molecule has 0 saturated carbocycles. The van der Waals surface area contributed by atoms with Gasteiger partial charge in [-0.3, -0.25) is 0 Å². The van der Waals surface area contributed by atoms with Gasteiger partial charge in [0, 0.05) is 37.2 Å². The third-order valence-electron chi connectivity index (χ3n) is 12.7. The van der Waals surface area contributed by atoms with Crippen LogP contribution in [0.2, 0.25) is 0 Å². The van der Waals surface area contributed by atoms with Crippen LogP contribution in [0.4, 0.5) is 17.1 Å². The van der Waals surface area contributed by atoms with E-state index < -0.39 is 0 Å². The molecule has 2 heteroatoms. The molecular weight excluding hydrogens is 791 g/mol. The van der Waals surface area contributed by atoms with E-state index in [1.165, 1.54) is 97.4 Å². The zero-order valence-corrected chi connectivity index (χ0v) is 35.8. The summed E-state index contributed by atoms with van der Waals surface area (Å²) in [6.45, 7) is 0. The summed E-state index contributed by atoms with van der Waals surface area (Å²) in [5.41, 5.74) is 15.4. The molecule has 0 radical (unpaired) electrons. The first-order valence-electron chi connectivity index (χ1n) is 21.9. The SMILES string of the molecule is c1cc(-c2ccc(N(c3ccc(-c4ccc(-c5cccc6ccccc56)cc4)cc3)c3ccc(-c4ccc5ccccc5c4)cc3)cc2)cc(-c2cccc3c2sc2ccccc23)c1. The number of anilines is 3. The lowest BCUT2D eigenvalue weighted by atomic mass is 9.96. The van der Waals surface area contributed by atoms with Crippen molar-refractivity contribution >= 4 is 70.1 Å². The average molecular weight is 832 g/mol. The molecule has 0 atom stereocenters. The number of hydrogen-bond acceptors (Lipinski definition) is 2. The number of benzene rings is 11. The molecular formula is C62H41NS. The average Bonchev–Trinajstić information content (AvgIpc) is 3.76. The molecule has 64 heavy (non-hydrogen) atoms. The summed E-state index contributed by atoms with van der Waals surface area (Å²) in [5, 5.41) is 7.67. The van der Waals surface area contributed by atoms with Crippen LogP contribution >= 0.6 is 11.3 Å². The normalized spacial score (nSPS) is 11.4. The highest BCUT2D eigenvalue weighted by Gasteiger charge is 2.16. The second-order valence-electron chi connectivity index (χ2n) is 16.5. The molecule has 11 aromatic carbocycles. The fourth-order valence-corrected chi connectivity index (χ4v) is 10.6. The van der Waals surface area contributed by atoms with Gasteiger partial charge in [-0.05, 0) is 132 Å². The smallest absolute Gasteiger partial charge is 0.0462 e. The summed E-state index contributed by atoms with van der Waals surface area (Å²) in [5.74, 6) is 0. The van der Waals surface area contributed by atoms with E-state index in [1.807, 2.05) is 11.3 Å². The zero-order valence-electron chi connectivity index (χ0n) is 35.0. The topological polar surface area (TPSA) is 3.24 Å². The minimum atomic E-state index is 1.10. The minimum absolute atomic E-state index is 1.10. The van der Waals surface area contributed by atoms with E-state index in [4.69, 9.17) is 0 Å². The van der Waals surface area contributed by atoms with Crippen molar-refractivity contribution in [3.63, 3.8) is 0 Å². The van der Waals surface area contributed by atoms with Gasteiger partial charge in [-0.25, -0.2) is 0 Å². The number of thiophene rings is 1. The third kappa shape index (κ3) is 6.91. The Hall–Kier alpha value is -8.04. The van der Waals surface area contributed by atoms with E-state index in [1.54, 1.807) is 0 Å². The van der Waals surface area contributed by atoms with Crippen molar-refractivity contribution in [1.29, 1.82) is 0 Å². The van der Waals surface area contributed by atoms with E-state index in [0.717, 1.165) is 17.1 Å². The lowest BCUT2D eigenvalue weighted by Gasteiger charge is -2.26. The van der Waals surface area contributed by atoms with Crippen LogP contribution in [-0.2, 0) is 0 Å². The molecule has 1 heterocycles. The zero-order chi connectivity index (χ0) is 42.4. The summed E-state index contributed by atoms with van der Waals surface area (Å²) in [7, 11) is 0. The molecule has 300 valence electrons. The summed E-state index contributed by atoms with van der Waals surface area (Å²) in [6.07, 6.45) is 0. The molecule has 0 aliphatic carbocycles. The molecule has 1 nitrogen and oxygen atoms in total. The molecule has 0 aliphatic heterocycles. The first-order valence-corrected chi connectivity index (χ1v) is 22.7. The van der Waals surface area contributed by atoms with Gasteiger partial charge in [0.05, 0.1) is 0 Å². The Kier molecular flexibility index (Phi) is 9.43. The van der Waals surface area contributed by atoms with Crippen LogP contribution in [0, 0.1) is 0 Å². The molecule has 12 rings (SSSR count). The van der Waals surface area contributed by atoms with Crippen LogP contribution in [0.3, 0.4) is 0 Å². The minimum Gasteiger partial charge on any atom is -0.311 e. The Balaban J connectivity index is 0.880. The number of nitrogens with zero attached hydrogens (tertiary/aromatic N) is 1. The maximum absolute atomic E-state index is 2.36. The first-order chi connectivity index (χ1) is 31.7. The van der Waals surface area contributed by atoms with Crippen LogP contribution in [0.5, 0.6) is 0 Å². The largest absolute Gasteiger partial charge is 0.311 e. The van der Waals surface area contributed by atoms with Gasteiger partial charge in [-0.15, -0.1) is 11.3 Å². The van der Waals surface area contributed by atoms with Crippen molar-refractivity contribution in [1.82, 2.24) is 0 Å². The van der Waals surface area contributed by atoms with Crippen molar-refractivity contribution in [2.24, 2.45) is 0 Å². The molecule has 0 spiro atoms. The van der Waals surface area contributed by atoms with Crippen molar-refractivity contribution in [2.75, 3.05) is 4.90 Å². The molecule has 0 fully saturated rings. The van der Waals surface area contributed by atoms with Gasteiger partial charge in [0.25, 0.3) is 0 Å². The van der Waals surface area contributed by atoms with E-state index in [2.05, 4.69) is 254 Å². The van der Waals surface area contributed by atoms with Crippen molar-refractivity contribution < 1.29 is 0 Å². The maximum Gasteiger partial charge on any atom is 0.0462 e. The van der Waals surface area contributed by atoms with Gasteiger partial charge in [0.1, 0.15) is 0 Å². The predicted octanol–water partition coefficient (Wildman–Crippen LogP) is 18.2. The Morgan fingerprint density at radius 1 is 0.250 bits per heavy atom. The third-order valence-corrected chi connectivity index (χ3v) is 13.9. The lowest BCUT2D eigenvalue weighted by Crippen LogP contribution is -2.09. The van der Waals surface area contributed by atoms with E-state index in [0.29, 0.717) is 0 Å². The molecule has 0 N–H and O–H groups in total. The van der Waals surface area contributed by atoms with E-state index in [-0.39, 0.29) is 0 Å². The van der Waals surface area contributed by atoms with Crippen molar-refractivity contribution in [3.05, 3.63) is 249 Å². The van der Waals surface area contributed by atoms with Gasteiger partial charge >= 0.3 is 0 Å². The number of rotatable bonds is 8. The van der Waals surface area contributed by atoms with Crippen LogP contribution in [0.15, 0.2) is 249 Å². The van der Waals surface area contributed by atoms with Gasteiger partial charge in [-0.1, -0.05) is 194 Å². The molecule has 0 aliphatic rings. The van der Waals surface area contributed by atoms with Crippen LogP contribution < -0.4 is 4.90 Å². The standard InChI is InChI=1S/C62H41NS/c1-2-12-49-40-51(27-24-42(49)10-1)46-32-38-55(39-33-46)63(53-34-28-44(29-35-53)43-22-25-48(26-23-43)57-18-8-13-47-11-3-4-16-56(47)57)54-36-30-45(31-37-54)50-14-7-15-52(41-50)58-19-9-20-60-59-17-5-6-21-61(59)64-62(58)60/h1-41H. The summed E-state index contributed by atoms with van der Waals surface area (Å²) in [4.78, 5) is 2.36. The Morgan fingerprint density at radius 3 is 1.41 bits per heavy atom. The summed E-state index contributed by atoms with van der Waals surface area (Å²) < 4.78 is 2.66. The highest BCUT2D eigenvalue weighted by atomic mass is 32.1. The maximum atomic E-state index is 2.36. The van der Waals surface area contributed by atoms with E-state index in [9.17, 15) is 0 Å². The highest BCUT2D eigenvalue weighted by Crippen LogP contribution is 2.42. The number of hydrogen-bond donors (Lipinski definition) is 0. The summed E-state index contributed by atoms with van der Waals surface area (Å²) in [6, 6.07) is 90.8. The fraction of sp³-hybridized carbons (Fsp3) is 0. The quantitative estimate of drug-likeness (QED) is 0.147. The Morgan fingerprint density at radius 2 is 0.703 bits per heavy atom. The van der Waals surface area contributed by atoms with Gasteiger partial charge in [0.2, 0.25) is 0 Å². The molecule has 1 aromatic heterocycles. The fourth-order valence-electron chi connectivity index (χ4n) is 9.39. The van der Waals surface area contributed by atoms with Gasteiger partial charge < -0.3 is 4.90 Å². The Bertz CT molecular complexity index is 3630. The summed E-state index contributed by atoms with van der Waals surface area (Å²) >= 11 is 1.88. The van der Waals surface area contributed by atoms with Gasteiger partial charge in [0.15, 0.2) is 0 Å².